The van der Waals surface area contributed by atoms with Gasteiger partial charge < -0.3 is 9.15 Å². The third-order valence-electron chi connectivity index (χ3n) is 2.81. The molecule has 2 aromatic rings. The van der Waals surface area contributed by atoms with Gasteiger partial charge in [-0.2, -0.15) is 0 Å². The summed E-state index contributed by atoms with van der Waals surface area (Å²) in [6.07, 6.45) is 2.79. The zero-order valence-electron chi connectivity index (χ0n) is 9.93. The predicted molar refractivity (Wildman–Crippen MR) is 71.1 cm³/mol. The second kappa shape index (κ2) is 4.78. The van der Waals surface area contributed by atoms with E-state index in [1.54, 1.807) is 25.3 Å². The van der Waals surface area contributed by atoms with E-state index < -0.39 is 11.8 Å². The van der Waals surface area contributed by atoms with Crippen LogP contribution in [0.5, 0.6) is 5.75 Å². The lowest BCUT2D eigenvalue weighted by molar-refractivity contribution is -0.123. The van der Waals surface area contributed by atoms with Crippen LogP contribution in [0.4, 0.5) is 0 Å². The van der Waals surface area contributed by atoms with Crippen LogP contribution in [-0.4, -0.2) is 18.9 Å². The molecule has 0 saturated heterocycles. The lowest BCUT2D eigenvalue weighted by atomic mass is 10.0. The Hall–Kier alpha value is -2.27. The molecule has 0 unspecified atom stereocenters. The number of hydrogen-bond acceptors (Lipinski definition) is 4. The van der Waals surface area contributed by atoms with Crippen LogP contribution in [0.3, 0.4) is 0 Å². The summed E-state index contributed by atoms with van der Waals surface area (Å²) in [7, 11) is 1.54. The topological polar surface area (TPSA) is 68.5 Å². The van der Waals surface area contributed by atoms with E-state index in [0.29, 0.717) is 22.5 Å². The second-order valence-electron chi connectivity index (χ2n) is 3.89. The average molecular weight is 280 g/mol. The molecule has 19 heavy (non-hydrogen) atoms. The largest absolute Gasteiger partial charge is 0.497 e. The smallest absolute Gasteiger partial charge is 0.259 e. The van der Waals surface area contributed by atoms with E-state index >= 15 is 0 Å². The molecular weight excluding hydrogens is 270 g/mol. The Morgan fingerprint density at radius 2 is 2.05 bits per heavy atom. The minimum Gasteiger partial charge on any atom is -0.497 e. The molecule has 1 aliphatic heterocycles. The van der Waals surface area contributed by atoms with Crippen molar-refractivity contribution in [2.75, 3.05) is 7.11 Å². The first-order chi connectivity index (χ1) is 8.69. The van der Waals surface area contributed by atoms with Crippen molar-refractivity contribution in [2.24, 2.45) is 0 Å². The number of furan rings is 1. The fourth-order valence-corrected chi connectivity index (χ4v) is 1.98. The highest BCUT2D eigenvalue weighted by Gasteiger charge is 2.25. The maximum atomic E-state index is 11.7. The molecule has 0 saturated carbocycles. The molecule has 5 nitrogen and oxygen atoms in total. The molecule has 98 valence electrons. The summed E-state index contributed by atoms with van der Waals surface area (Å²) in [6, 6.07) is 5.25. The minimum absolute atomic E-state index is 0. The second-order valence-corrected chi connectivity index (χ2v) is 3.89. The zero-order chi connectivity index (χ0) is 12.7. The van der Waals surface area contributed by atoms with Gasteiger partial charge in [-0.15, -0.1) is 12.4 Å². The zero-order valence-corrected chi connectivity index (χ0v) is 10.7. The Balaban J connectivity index is 0.00000133. The van der Waals surface area contributed by atoms with Gasteiger partial charge in [0.15, 0.2) is 0 Å². The summed E-state index contributed by atoms with van der Waals surface area (Å²) < 4.78 is 10.5. The summed E-state index contributed by atoms with van der Waals surface area (Å²) in [5, 5.41) is 3.02. The van der Waals surface area contributed by atoms with E-state index in [9.17, 15) is 9.59 Å². The van der Waals surface area contributed by atoms with Crippen molar-refractivity contribution in [2.45, 2.75) is 0 Å². The van der Waals surface area contributed by atoms with Gasteiger partial charge in [-0.25, -0.2) is 0 Å². The number of rotatable bonds is 2. The first-order valence-corrected chi connectivity index (χ1v) is 5.31. The van der Waals surface area contributed by atoms with Crippen molar-refractivity contribution in [1.82, 2.24) is 5.32 Å². The van der Waals surface area contributed by atoms with Gasteiger partial charge in [-0.05, 0) is 18.2 Å². The molecule has 1 aromatic carbocycles. The van der Waals surface area contributed by atoms with Crippen molar-refractivity contribution in [3.63, 3.8) is 0 Å². The minimum atomic E-state index is -0.425. The Bertz CT molecular complexity index is 702. The molecule has 0 bridgehead atoms. The van der Waals surface area contributed by atoms with E-state index in [-0.39, 0.29) is 12.4 Å². The first kappa shape index (κ1) is 13.2. The number of carbonyl (C=O) groups is 2. The monoisotopic (exact) mass is 279 g/mol. The molecular formula is C13H10ClNO4. The number of ether oxygens (including phenoxy) is 1. The summed E-state index contributed by atoms with van der Waals surface area (Å²) in [6.45, 7) is 0. The lowest BCUT2D eigenvalue weighted by Crippen LogP contribution is -2.21. The van der Waals surface area contributed by atoms with Gasteiger partial charge in [-0.1, -0.05) is 0 Å². The van der Waals surface area contributed by atoms with Crippen LogP contribution in [-0.2, 0) is 9.59 Å². The van der Waals surface area contributed by atoms with E-state index in [0.717, 1.165) is 5.39 Å². The van der Waals surface area contributed by atoms with Crippen LogP contribution < -0.4 is 10.1 Å². The Morgan fingerprint density at radius 1 is 1.26 bits per heavy atom. The quantitative estimate of drug-likeness (QED) is 0.853. The molecule has 3 rings (SSSR count). The number of amides is 2. The molecule has 2 heterocycles. The summed E-state index contributed by atoms with van der Waals surface area (Å²) >= 11 is 0. The summed E-state index contributed by atoms with van der Waals surface area (Å²) in [5.74, 6) is -0.240. The Kier molecular flexibility index (Phi) is 3.31. The van der Waals surface area contributed by atoms with E-state index in [1.165, 1.54) is 12.3 Å². The number of carbonyl (C=O) groups excluding carboxylic acids is 2. The van der Waals surface area contributed by atoms with Gasteiger partial charge in [0.2, 0.25) is 0 Å². The van der Waals surface area contributed by atoms with Crippen molar-refractivity contribution in [3.8, 4) is 5.75 Å². The molecule has 2 amide bonds. The molecule has 0 atom stereocenters. The molecule has 0 fully saturated rings. The molecule has 0 radical (unpaired) electrons. The van der Waals surface area contributed by atoms with E-state index in [1.807, 2.05) is 0 Å². The van der Waals surface area contributed by atoms with Gasteiger partial charge in [0.25, 0.3) is 11.8 Å². The number of halogens is 1. The van der Waals surface area contributed by atoms with Crippen LogP contribution in [0.2, 0.25) is 0 Å². The predicted octanol–water partition coefficient (Wildman–Crippen LogP) is 1.90. The number of nitrogens with one attached hydrogen (secondary N) is 1. The van der Waals surface area contributed by atoms with Crippen LogP contribution >= 0.6 is 12.4 Å². The molecule has 0 spiro atoms. The van der Waals surface area contributed by atoms with Crippen LogP contribution in [0.1, 0.15) is 5.56 Å². The molecule has 1 aromatic heterocycles. The number of methoxy groups -OCH3 is 1. The van der Waals surface area contributed by atoms with Gasteiger partial charge in [-0.3, -0.25) is 14.9 Å². The third-order valence-corrected chi connectivity index (χ3v) is 2.81. The fraction of sp³-hybridized carbons (Fsp3) is 0.0769. The molecule has 1 aliphatic rings. The number of hydrogen-bond donors (Lipinski definition) is 1. The lowest BCUT2D eigenvalue weighted by Gasteiger charge is -2.05. The highest BCUT2D eigenvalue weighted by atomic mass is 35.5. The molecule has 6 heteroatoms. The van der Waals surface area contributed by atoms with Crippen LogP contribution in [0, 0.1) is 0 Å². The Morgan fingerprint density at radius 3 is 2.68 bits per heavy atom. The van der Waals surface area contributed by atoms with E-state index in [4.69, 9.17) is 9.15 Å². The van der Waals surface area contributed by atoms with Gasteiger partial charge in [0, 0.05) is 17.0 Å². The van der Waals surface area contributed by atoms with Gasteiger partial charge >= 0.3 is 0 Å². The maximum absolute atomic E-state index is 11.7. The van der Waals surface area contributed by atoms with Crippen molar-refractivity contribution in [3.05, 3.63) is 36.1 Å². The Labute approximate surface area is 114 Å². The standard InChI is InChI=1S/C13H9NO4.ClH/c1-17-8-4-7-2-3-18-12(7)9(5-8)10-6-11(15)14-13(10)16;/h2-6H,1H3,(H,14,15,16);1H. The number of imide groups is 1. The molecule has 1 N–H and O–H groups in total. The molecule has 0 aliphatic carbocycles. The average Bonchev–Trinajstić information content (AvgIpc) is 2.94. The first-order valence-electron chi connectivity index (χ1n) is 5.31. The fourth-order valence-electron chi connectivity index (χ4n) is 1.98. The third kappa shape index (κ3) is 2.08. The maximum Gasteiger partial charge on any atom is 0.259 e. The van der Waals surface area contributed by atoms with E-state index in [2.05, 4.69) is 5.32 Å². The van der Waals surface area contributed by atoms with Crippen LogP contribution in [0.15, 0.2) is 35.0 Å². The normalized spacial score (nSPS) is 14.1. The number of benzene rings is 1. The summed E-state index contributed by atoms with van der Waals surface area (Å²) in [4.78, 5) is 22.9. The van der Waals surface area contributed by atoms with Crippen molar-refractivity contribution < 1.29 is 18.7 Å². The van der Waals surface area contributed by atoms with Gasteiger partial charge in [0.05, 0.1) is 18.9 Å². The highest BCUT2D eigenvalue weighted by molar-refractivity contribution is 6.34. The van der Waals surface area contributed by atoms with Gasteiger partial charge in [0.1, 0.15) is 11.3 Å². The SMILES string of the molecule is COc1cc(C2=CC(=O)NC2=O)c2occc2c1.Cl. The number of fused-ring (bicyclic) bond motifs is 1. The van der Waals surface area contributed by atoms with Crippen molar-refractivity contribution in [1.29, 1.82) is 0 Å². The van der Waals surface area contributed by atoms with Crippen LogP contribution in [0.25, 0.3) is 16.5 Å². The van der Waals surface area contributed by atoms with Crippen molar-refractivity contribution >= 4 is 40.8 Å². The highest BCUT2D eigenvalue weighted by Crippen LogP contribution is 2.32. The summed E-state index contributed by atoms with van der Waals surface area (Å²) in [5.41, 5.74) is 1.41.